The Morgan fingerprint density at radius 3 is 2.48 bits per heavy atom. The van der Waals surface area contributed by atoms with Gasteiger partial charge < -0.3 is 9.47 Å². The summed E-state index contributed by atoms with van der Waals surface area (Å²) in [5.74, 6) is 0.119. The lowest BCUT2D eigenvalue weighted by molar-refractivity contribution is 0.0761. The Morgan fingerprint density at radius 2 is 1.74 bits per heavy atom. The SMILES string of the molecule is O=C(c1ccc(-n2ccnc2)cc1)N1CCCN(Cc2ccccc2)CC1. The number of rotatable bonds is 4. The molecule has 2 aromatic carbocycles. The van der Waals surface area contributed by atoms with Crippen LogP contribution in [0, 0.1) is 0 Å². The second-order valence-corrected chi connectivity index (χ2v) is 6.92. The summed E-state index contributed by atoms with van der Waals surface area (Å²) >= 11 is 0. The van der Waals surface area contributed by atoms with Crippen molar-refractivity contribution in [1.29, 1.82) is 0 Å². The third-order valence-electron chi connectivity index (χ3n) is 5.04. The van der Waals surface area contributed by atoms with Crippen molar-refractivity contribution in [3.63, 3.8) is 0 Å². The highest BCUT2D eigenvalue weighted by Gasteiger charge is 2.20. The quantitative estimate of drug-likeness (QED) is 0.717. The number of carbonyl (C=O) groups is 1. The number of aromatic nitrogens is 2. The summed E-state index contributed by atoms with van der Waals surface area (Å²) in [4.78, 5) is 21.4. The molecule has 0 saturated carbocycles. The van der Waals surface area contributed by atoms with Crippen LogP contribution < -0.4 is 0 Å². The Balaban J connectivity index is 1.38. The van der Waals surface area contributed by atoms with Crippen LogP contribution in [0.15, 0.2) is 73.3 Å². The molecule has 1 aliphatic heterocycles. The van der Waals surface area contributed by atoms with Crippen LogP contribution in [0.2, 0.25) is 0 Å². The van der Waals surface area contributed by atoms with E-state index >= 15 is 0 Å². The maximum atomic E-state index is 12.9. The lowest BCUT2D eigenvalue weighted by Gasteiger charge is -2.22. The molecule has 138 valence electrons. The van der Waals surface area contributed by atoms with Crippen LogP contribution >= 0.6 is 0 Å². The number of hydrogen-bond donors (Lipinski definition) is 0. The summed E-state index contributed by atoms with van der Waals surface area (Å²) in [5.41, 5.74) is 3.08. The Kier molecular flexibility index (Phi) is 5.30. The van der Waals surface area contributed by atoms with Gasteiger partial charge in [-0.05, 0) is 36.2 Å². The minimum atomic E-state index is 0.119. The smallest absolute Gasteiger partial charge is 0.253 e. The molecule has 0 N–H and O–H groups in total. The first-order valence-corrected chi connectivity index (χ1v) is 9.43. The normalized spacial score (nSPS) is 15.5. The second kappa shape index (κ2) is 8.18. The molecule has 3 aromatic rings. The number of nitrogens with zero attached hydrogens (tertiary/aromatic N) is 4. The molecule has 1 aromatic heterocycles. The van der Waals surface area contributed by atoms with E-state index in [1.165, 1.54) is 5.56 Å². The molecule has 0 spiro atoms. The van der Waals surface area contributed by atoms with Gasteiger partial charge in [0.05, 0.1) is 6.33 Å². The Hall–Kier alpha value is -2.92. The van der Waals surface area contributed by atoms with Crippen LogP contribution in [0.1, 0.15) is 22.3 Å². The molecule has 0 atom stereocenters. The summed E-state index contributed by atoms with van der Waals surface area (Å²) in [6.07, 6.45) is 6.41. The van der Waals surface area contributed by atoms with E-state index in [-0.39, 0.29) is 5.91 Å². The van der Waals surface area contributed by atoms with Crippen molar-refractivity contribution < 1.29 is 4.79 Å². The fraction of sp³-hybridized carbons (Fsp3) is 0.273. The van der Waals surface area contributed by atoms with E-state index < -0.39 is 0 Å². The molecule has 2 heterocycles. The van der Waals surface area contributed by atoms with Crippen LogP contribution in [0.5, 0.6) is 0 Å². The van der Waals surface area contributed by atoms with Gasteiger partial charge in [0.25, 0.3) is 5.91 Å². The minimum Gasteiger partial charge on any atom is -0.337 e. The van der Waals surface area contributed by atoms with Crippen molar-refractivity contribution in [3.05, 3.63) is 84.4 Å². The number of amides is 1. The van der Waals surface area contributed by atoms with Gasteiger partial charge in [0.2, 0.25) is 0 Å². The summed E-state index contributed by atoms with van der Waals surface area (Å²) < 4.78 is 1.93. The maximum absolute atomic E-state index is 12.9. The van der Waals surface area contributed by atoms with Crippen LogP contribution in [0.25, 0.3) is 5.69 Å². The highest BCUT2D eigenvalue weighted by molar-refractivity contribution is 5.94. The second-order valence-electron chi connectivity index (χ2n) is 6.92. The van der Waals surface area contributed by atoms with Gasteiger partial charge in [-0.3, -0.25) is 9.69 Å². The molecule has 0 radical (unpaired) electrons. The molecule has 5 nitrogen and oxygen atoms in total. The number of hydrogen-bond acceptors (Lipinski definition) is 3. The average molecular weight is 360 g/mol. The average Bonchev–Trinajstić information content (AvgIpc) is 3.16. The largest absolute Gasteiger partial charge is 0.337 e. The fourth-order valence-corrected chi connectivity index (χ4v) is 3.54. The van der Waals surface area contributed by atoms with Crippen molar-refractivity contribution in [3.8, 4) is 5.69 Å². The minimum absolute atomic E-state index is 0.119. The van der Waals surface area contributed by atoms with Crippen molar-refractivity contribution in [2.24, 2.45) is 0 Å². The van der Waals surface area contributed by atoms with Crippen molar-refractivity contribution in [1.82, 2.24) is 19.4 Å². The molecule has 1 saturated heterocycles. The molecule has 1 aliphatic rings. The number of carbonyl (C=O) groups excluding carboxylic acids is 1. The molecule has 4 rings (SSSR count). The first kappa shape index (κ1) is 17.5. The first-order valence-electron chi connectivity index (χ1n) is 9.43. The predicted octanol–water partition coefficient (Wildman–Crippen LogP) is 3.22. The van der Waals surface area contributed by atoms with Gasteiger partial charge in [0.15, 0.2) is 0 Å². The van der Waals surface area contributed by atoms with E-state index in [9.17, 15) is 4.79 Å². The molecule has 0 unspecified atom stereocenters. The summed E-state index contributed by atoms with van der Waals surface area (Å²) in [7, 11) is 0. The monoisotopic (exact) mass is 360 g/mol. The lowest BCUT2D eigenvalue weighted by atomic mass is 10.1. The summed E-state index contributed by atoms with van der Waals surface area (Å²) in [6, 6.07) is 18.3. The van der Waals surface area contributed by atoms with Gasteiger partial charge in [0, 0.05) is 56.4 Å². The van der Waals surface area contributed by atoms with E-state index in [2.05, 4.69) is 34.1 Å². The predicted molar refractivity (Wildman–Crippen MR) is 106 cm³/mol. The molecular weight excluding hydrogens is 336 g/mol. The Bertz CT molecular complexity index is 859. The number of imidazole rings is 1. The molecular formula is C22H24N4O. The van der Waals surface area contributed by atoms with Gasteiger partial charge in [-0.2, -0.15) is 0 Å². The van der Waals surface area contributed by atoms with Gasteiger partial charge in [-0.15, -0.1) is 0 Å². The zero-order chi connectivity index (χ0) is 18.5. The molecule has 5 heteroatoms. The van der Waals surface area contributed by atoms with Gasteiger partial charge in [-0.1, -0.05) is 30.3 Å². The number of benzene rings is 2. The molecule has 0 bridgehead atoms. The Labute approximate surface area is 159 Å². The zero-order valence-corrected chi connectivity index (χ0v) is 15.4. The highest BCUT2D eigenvalue weighted by Crippen LogP contribution is 2.14. The zero-order valence-electron chi connectivity index (χ0n) is 15.4. The van der Waals surface area contributed by atoms with E-state index in [0.29, 0.717) is 0 Å². The van der Waals surface area contributed by atoms with Gasteiger partial charge in [-0.25, -0.2) is 4.98 Å². The molecule has 0 aliphatic carbocycles. The summed E-state index contributed by atoms with van der Waals surface area (Å²) in [6.45, 7) is 4.47. The first-order chi connectivity index (χ1) is 13.3. The van der Waals surface area contributed by atoms with E-state index in [0.717, 1.165) is 50.4 Å². The third-order valence-corrected chi connectivity index (χ3v) is 5.04. The highest BCUT2D eigenvalue weighted by atomic mass is 16.2. The van der Waals surface area contributed by atoms with E-state index in [4.69, 9.17) is 0 Å². The molecule has 1 amide bonds. The van der Waals surface area contributed by atoms with Crippen LogP contribution in [0.4, 0.5) is 0 Å². The molecule has 1 fully saturated rings. The maximum Gasteiger partial charge on any atom is 0.253 e. The Morgan fingerprint density at radius 1 is 0.926 bits per heavy atom. The van der Waals surface area contributed by atoms with Crippen molar-refractivity contribution in [2.75, 3.05) is 26.2 Å². The molecule has 27 heavy (non-hydrogen) atoms. The van der Waals surface area contributed by atoms with Crippen molar-refractivity contribution >= 4 is 5.91 Å². The topological polar surface area (TPSA) is 41.4 Å². The van der Waals surface area contributed by atoms with Crippen molar-refractivity contribution in [2.45, 2.75) is 13.0 Å². The van der Waals surface area contributed by atoms with Crippen LogP contribution in [0.3, 0.4) is 0 Å². The summed E-state index contributed by atoms with van der Waals surface area (Å²) in [5, 5.41) is 0. The third kappa shape index (κ3) is 4.26. The van der Waals surface area contributed by atoms with E-state index in [1.807, 2.05) is 46.0 Å². The fourth-order valence-electron chi connectivity index (χ4n) is 3.54. The van der Waals surface area contributed by atoms with Crippen LogP contribution in [-0.2, 0) is 6.54 Å². The van der Waals surface area contributed by atoms with Crippen LogP contribution in [-0.4, -0.2) is 51.4 Å². The van der Waals surface area contributed by atoms with E-state index in [1.54, 1.807) is 12.5 Å². The van der Waals surface area contributed by atoms with Gasteiger partial charge in [0.1, 0.15) is 0 Å². The standard InChI is InChI=1S/C22H24N4O/c27-22(20-7-9-21(10-8-20)26-14-11-23-18-26)25-13-4-12-24(15-16-25)17-19-5-2-1-3-6-19/h1-3,5-11,14,18H,4,12-13,15-17H2. The van der Waals surface area contributed by atoms with Gasteiger partial charge >= 0.3 is 0 Å². The lowest BCUT2D eigenvalue weighted by Crippen LogP contribution is -2.35.